The Balaban J connectivity index is 2.04. The van der Waals surface area contributed by atoms with Gasteiger partial charge >= 0.3 is 0 Å². The Labute approximate surface area is 112 Å². The zero-order chi connectivity index (χ0) is 13.3. The Hall–Kier alpha value is -0.120. The van der Waals surface area contributed by atoms with Crippen LogP contribution in [0.2, 0.25) is 0 Å². The summed E-state index contributed by atoms with van der Waals surface area (Å²) in [6.45, 7) is 9.46. The van der Waals surface area contributed by atoms with Gasteiger partial charge in [0.1, 0.15) is 0 Å². The van der Waals surface area contributed by atoms with E-state index >= 15 is 0 Å². The van der Waals surface area contributed by atoms with Gasteiger partial charge in [-0.1, -0.05) is 20.8 Å². The first-order valence-corrected chi connectivity index (χ1v) is 7.43. The number of hydrogen-bond donors (Lipinski definition) is 1. The highest BCUT2D eigenvalue weighted by molar-refractivity contribution is 5.01. The zero-order valence-corrected chi connectivity index (χ0v) is 12.7. The molecule has 0 amide bonds. The van der Waals surface area contributed by atoms with E-state index in [1.807, 2.05) is 7.11 Å². The van der Waals surface area contributed by atoms with Crippen LogP contribution in [0.5, 0.6) is 0 Å². The van der Waals surface area contributed by atoms with Crippen molar-refractivity contribution < 1.29 is 4.74 Å². The number of rotatable bonds is 3. The second-order valence-electron chi connectivity index (χ2n) is 6.90. The second kappa shape index (κ2) is 5.48. The topological polar surface area (TPSA) is 24.5 Å². The van der Waals surface area contributed by atoms with E-state index in [1.165, 1.54) is 25.8 Å². The van der Waals surface area contributed by atoms with Gasteiger partial charge in [0, 0.05) is 25.7 Å². The SMILES string of the molecule is CNC1C(N2CCC(C)C(OC)C2)CCC1(C)C. The first-order valence-electron chi connectivity index (χ1n) is 7.43. The van der Waals surface area contributed by atoms with E-state index in [1.54, 1.807) is 0 Å². The molecule has 0 spiro atoms. The molecule has 1 saturated heterocycles. The lowest BCUT2D eigenvalue weighted by Crippen LogP contribution is -2.55. The van der Waals surface area contributed by atoms with Gasteiger partial charge in [0.05, 0.1) is 6.10 Å². The quantitative estimate of drug-likeness (QED) is 0.835. The molecule has 0 radical (unpaired) electrons. The third-order valence-electron chi connectivity index (χ3n) is 5.31. The van der Waals surface area contributed by atoms with E-state index in [4.69, 9.17) is 4.74 Å². The standard InChI is InChI=1S/C15H30N2O/c1-11-7-9-17(10-13(11)18-5)12-6-8-15(2,3)14(12)16-4/h11-14,16H,6-10H2,1-5H3. The van der Waals surface area contributed by atoms with Crippen LogP contribution >= 0.6 is 0 Å². The summed E-state index contributed by atoms with van der Waals surface area (Å²) in [6.07, 6.45) is 4.34. The monoisotopic (exact) mass is 254 g/mol. The summed E-state index contributed by atoms with van der Waals surface area (Å²) in [5.74, 6) is 0.702. The number of likely N-dealkylation sites (tertiary alicyclic amines) is 1. The van der Waals surface area contributed by atoms with Gasteiger partial charge in [0.25, 0.3) is 0 Å². The summed E-state index contributed by atoms with van der Waals surface area (Å²) >= 11 is 0. The fourth-order valence-electron chi connectivity index (χ4n) is 4.01. The van der Waals surface area contributed by atoms with Crippen molar-refractivity contribution in [3.8, 4) is 0 Å². The lowest BCUT2D eigenvalue weighted by Gasteiger charge is -2.43. The normalized spacial score (nSPS) is 41.2. The summed E-state index contributed by atoms with van der Waals surface area (Å²) in [4.78, 5) is 2.67. The minimum absolute atomic E-state index is 0.417. The van der Waals surface area contributed by atoms with Crippen LogP contribution in [0.4, 0.5) is 0 Å². The van der Waals surface area contributed by atoms with E-state index in [-0.39, 0.29) is 0 Å². The van der Waals surface area contributed by atoms with E-state index in [2.05, 4.69) is 38.0 Å². The number of ether oxygens (including phenoxy) is 1. The van der Waals surface area contributed by atoms with Crippen molar-refractivity contribution >= 4 is 0 Å². The van der Waals surface area contributed by atoms with Gasteiger partial charge in [-0.25, -0.2) is 0 Å². The minimum Gasteiger partial charge on any atom is -0.380 e. The van der Waals surface area contributed by atoms with Crippen LogP contribution in [-0.4, -0.2) is 50.3 Å². The predicted molar refractivity (Wildman–Crippen MR) is 75.8 cm³/mol. The number of piperidine rings is 1. The Bertz CT molecular complexity index is 280. The van der Waals surface area contributed by atoms with Crippen molar-refractivity contribution in [3.05, 3.63) is 0 Å². The highest BCUT2D eigenvalue weighted by Crippen LogP contribution is 2.40. The molecule has 2 rings (SSSR count). The number of methoxy groups -OCH3 is 1. The van der Waals surface area contributed by atoms with E-state index in [9.17, 15) is 0 Å². The molecule has 1 N–H and O–H groups in total. The van der Waals surface area contributed by atoms with Crippen molar-refractivity contribution in [3.63, 3.8) is 0 Å². The fourth-order valence-corrected chi connectivity index (χ4v) is 4.01. The van der Waals surface area contributed by atoms with E-state index in [0.29, 0.717) is 29.5 Å². The number of likely N-dealkylation sites (N-methyl/N-ethyl adjacent to an activating group) is 1. The molecule has 2 aliphatic rings. The third kappa shape index (κ3) is 2.59. The summed E-state index contributed by atoms with van der Waals surface area (Å²) in [5.41, 5.74) is 0.422. The van der Waals surface area contributed by atoms with Crippen LogP contribution < -0.4 is 5.32 Å². The molecule has 3 nitrogen and oxygen atoms in total. The molecular weight excluding hydrogens is 224 g/mol. The maximum Gasteiger partial charge on any atom is 0.0724 e. The zero-order valence-electron chi connectivity index (χ0n) is 12.7. The van der Waals surface area contributed by atoms with Crippen LogP contribution in [-0.2, 0) is 4.74 Å². The molecule has 1 heterocycles. The molecule has 3 heteroatoms. The Kier molecular flexibility index (Phi) is 4.35. The first-order chi connectivity index (χ1) is 8.49. The van der Waals surface area contributed by atoms with Gasteiger partial charge in [-0.2, -0.15) is 0 Å². The third-order valence-corrected chi connectivity index (χ3v) is 5.31. The number of nitrogens with one attached hydrogen (secondary N) is 1. The smallest absolute Gasteiger partial charge is 0.0724 e. The van der Waals surface area contributed by atoms with Gasteiger partial charge in [-0.05, 0) is 44.2 Å². The first kappa shape index (κ1) is 14.3. The largest absolute Gasteiger partial charge is 0.380 e. The average molecular weight is 254 g/mol. The van der Waals surface area contributed by atoms with Crippen molar-refractivity contribution in [1.82, 2.24) is 10.2 Å². The molecule has 0 aromatic rings. The molecule has 0 aromatic heterocycles. The predicted octanol–water partition coefficient (Wildman–Crippen LogP) is 2.12. The maximum atomic E-state index is 5.65. The minimum atomic E-state index is 0.417. The molecule has 1 saturated carbocycles. The van der Waals surface area contributed by atoms with Crippen molar-refractivity contribution in [2.75, 3.05) is 27.2 Å². The lowest BCUT2D eigenvalue weighted by atomic mass is 9.85. The molecule has 0 bridgehead atoms. The van der Waals surface area contributed by atoms with Crippen LogP contribution in [0.3, 0.4) is 0 Å². The number of hydrogen-bond acceptors (Lipinski definition) is 3. The van der Waals surface area contributed by atoms with Gasteiger partial charge < -0.3 is 10.1 Å². The Morgan fingerprint density at radius 3 is 2.61 bits per heavy atom. The fraction of sp³-hybridized carbons (Fsp3) is 1.00. The van der Waals surface area contributed by atoms with Gasteiger partial charge in [0.15, 0.2) is 0 Å². The molecular formula is C15H30N2O. The molecule has 1 aliphatic heterocycles. The molecule has 106 valence electrons. The highest BCUT2D eigenvalue weighted by Gasteiger charge is 2.44. The molecule has 2 fully saturated rings. The van der Waals surface area contributed by atoms with Crippen LogP contribution in [0.25, 0.3) is 0 Å². The van der Waals surface area contributed by atoms with Crippen molar-refractivity contribution in [2.24, 2.45) is 11.3 Å². The van der Waals surface area contributed by atoms with Crippen LogP contribution in [0.1, 0.15) is 40.0 Å². The van der Waals surface area contributed by atoms with Crippen LogP contribution in [0.15, 0.2) is 0 Å². The summed E-state index contributed by atoms with van der Waals surface area (Å²) < 4.78 is 5.65. The van der Waals surface area contributed by atoms with Gasteiger partial charge in [-0.3, -0.25) is 4.90 Å². The van der Waals surface area contributed by atoms with Crippen molar-refractivity contribution in [1.29, 1.82) is 0 Å². The highest BCUT2D eigenvalue weighted by atomic mass is 16.5. The summed E-state index contributed by atoms with van der Waals surface area (Å²) in [6, 6.07) is 1.30. The molecule has 18 heavy (non-hydrogen) atoms. The lowest BCUT2D eigenvalue weighted by molar-refractivity contribution is -0.0237. The maximum absolute atomic E-state index is 5.65. The molecule has 4 atom stereocenters. The second-order valence-corrected chi connectivity index (χ2v) is 6.90. The molecule has 0 aromatic carbocycles. The van der Waals surface area contributed by atoms with Gasteiger partial charge in [0.2, 0.25) is 0 Å². The van der Waals surface area contributed by atoms with Crippen molar-refractivity contribution in [2.45, 2.75) is 58.2 Å². The van der Waals surface area contributed by atoms with Crippen LogP contribution in [0, 0.1) is 11.3 Å². The number of nitrogens with zero attached hydrogens (tertiary/aromatic N) is 1. The average Bonchev–Trinajstić information content (AvgIpc) is 2.65. The Morgan fingerprint density at radius 1 is 1.28 bits per heavy atom. The van der Waals surface area contributed by atoms with Gasteiger partial charge in [-0.15, -0.1) is 0 Å². The summed E-state index contributed by atoms with van der Waals surface area (Å²) in [5, 5.41) is 3.56. The molecule has 4 unspecified atom stereocenters. The Morgan fingerprint density at radius 2 is 2.00 bits per heavy atom. The van der Waals surface area contributed by atoms with E-state index in [0.717, 1.165) is 6.54 Å². The summed E-state index contributed by atoms with van der Waals surface area (Å²) in [7, 11) is 3.98. The van der Waals surface area contributed by atoms with E-state index < -0.39 is 0 Å². The molecule has 1 aliphatic carbocycles.